The van der Waals surface area contributed by atoms with Gasteiger partial charge in [0.1, 0.15) is 17.4 Å². The van der Waals surface area contributed by atoms with E-state index >= 15 is 0 Å². The van der Waals surface area contributed by atoms with Crippen LogP contribution in [0.25, 0.3) is 22.4 Å². The van der Waals surface area contributed by atoms with E-state index < -0.39 is 48.9 Å². The lowest BCUT2D eigenvalue weighted by atomic mass is 9.94. The predicted octanol–water partition coefficient (Wildman–Crippen LogP) is 7.95. The molecule has 1 atom stereocenters. The zero-order valence-corrected chi connectivity index (χ0v) is 42.8. The number of hydrogen-bond donors (Lipinski definition) is 5. The molecule has 2 saturated heterocycles. The first-order chi connectivity index (χ1) is 34.4. The Labute approximate surface area is 425 Å². The summed E-state index contributed by atoms with van der Waals surface area (Å²) < 4.78 is 68.8. The van der Waals surface area contributed by atoms with Crippen LogP contribution >= 0.6 is 11.8 Å². The molecule has 2 fully saturated rings. The maximum atomic E-state index is 14.0. The number of sulfonamides is 1. The molecular weight excluding hydrogens is 980 g/mol. The number of nitro groups is 1. The first kappa shape index (κ1) is 51.9. The smallest absolute Gasteiger partial charge is 0.293 e. The molecule has 1 aromatic heterocycles. The van der Waals surface area contributed by atoms with Crippen LogP contribution in [0.5, 0.6) is 0 Å². The van der Waals surface area contributed by atoms with Gasteiger partial charge in [-0.2, -0.15) is 0 Å². The molecule has 5 aromatic carbocycles. The third kappa shape index (κ3) is 12.6. The Bertz CT molecular complexity index is 3070. The number of thiol groups is 1. The summed E-state index contributed by atoms with van der Waals surface area (Å²) in [7, 11) is -5.27. The van der Waals surface area contributed by atoms with Crippen molar-refractivity contribution in [3.05, 3.63) is 149 Å². The fraction of sp³-hybridized carbons (Fsp3) is 0.327. The Morgan fingerprint density at radius 3 is 2.18 bits per heavy atom. The van der Waals surface area contributed by atoms with E-state index in [9.17, 15) is 41.2 Å². The number of hydrogen-bond acceptors (Lipinski definition) is 13. The molecule has 380 valence electrons. The highest BCUT2D eigenvalue weighted by molar-refractivity contribution is 7.99. The largest absolute Gasteiger partial charge is 0.390 e. The third-order valence-corrected chi connectivity index (χ3v) is 16.4. The molecule has 0 saturated carbocycles. The second-order valence-electron chi connectivity index (χ2n) is 18.5. The second-order valence-corrected chi connectivity index (χ2v) is 22.2. The number of rotatable bonds is 19. The van der Waals surface area contributed by atoms with Crippen LogP contribution < -0.4 is 25.2 Å². The number of piperazine rings is 1. The van der Waals surface area contributed by atoms with Crippen LogP contribution in [0.1, 0.15) is 42.2 Å². The summed E-state index contributed by atoms with van der Waals surface area (Å²) in [6.45, 7) is 8.44. The van der Waals surface area contributed by atoms with Crippen molar-refractivity contribution in [3.63, 3.8) is 0 Å². The van der Waals surface area contributed by atoms with Gasteiger partial charge in [0.2, 0.25) is 0 Å². The van der Waals surface area contributed by atoms with Gasteiger partial charge in [0.25, 0.3) is 21.6 Å². The molecule has 3 heterocycles. The summed E-state index contributed by atoms with van der Waals surface area (Å²) in [5.74, 6) is -0.833. The van der Waals surface area contributed by atoms with Gasteiger partial charge in [-0.25, -0.2) is 21.2 Å². The minimum Gasteiger partial charge on any atom is -0.390 e. The van der Waals surface area contributed by atoms with Crippen molar-refractivity contribution in [2.24, 2.45) is 7.05 Å². The van der Waals surface area contributed by atoms with Gasteiger partial charge in [-0.3, -0.25) is 19.6 Å². The normalized spacial score (nSPS) is 15.6. The molecule has 8 rings (SSSR count). The van der Waals surface area contributed by atoms with E-state index in [4.69, 9.17) is 0 Å². The maximum absolute atomic E-state index is 14.0. The number of carbonyl (C=O) groups excluding carboxylic acids is 1. The molecule has 0 unspecified atom stereocenters. The van der Waals surface area contributed by atoms with Gasteiger partial charge >= 0.3 is 0 Å². The molecule has 0 bridgehead atoms. The van der Waals surface area contributed by atoms with E-state index in [0.29, 0.717) is 85.0 Å². The lowest BCUT2D eigenvalue weighted by molar-refractivity contribution is -0.384. The van der Waals surface area contributed by atoms with Crippen LogP contribution in [-0.2, 0) is 27.8 Å². The van der Waals surface area contributed by atoms with Gasteiger partial charge in [-0.15, -0.1) is 11.8 Å². The molecular formula is C52H59FN8O8S3. The van der Waals surface area contributed by atoms with E-state index in [1.54, 1.807) is 43.0 Å². The van der Waals surface area contributed by atoms with Crippen LogP contribution in [0.4, 0.5) is 32.8 Å². The average Bonchev–Trinajstić information content (AvgIpc) is 3.64. The number of nitrogens with one attached hydrogen (secondary N) is 3. The number of benzene rings is 5. The summed E-state index contributed by atoms with van der Waals surface area (Å²) in [6.07, 6.45) is 2.03. The average molecular weight is 1040 g/mol. The summed E-state index contributed by atoms with van der Waals surface area (Å²) in [4.78, 5) is 33.0. The van der Waals surface area contributed by atoms with Crippen LogP contribution in [-0.4, -0.2) is 111 Å². The molecule has 0 spiro atoms. The molecule has 0 radical (unpaired) electrons. The fourth-order valence-electron chi connectivity index (χ4n) is 9.25. The number of nitrogens with zero attached hydrogens (tertiary/aromatic N) is 5. The first-order valence-corrected chi connectivity index (χ1v) is 27.5. The molecule has 2 aliphatic rings. The number of likely N-dealkylation sites (tertiary alicyclic amines) is 1. The summed E-state index contributed by atoms with van der Waals surface area (Å²) in [5.41, 5.74) is 4.91. The van der Waals surface area contributed by atoms with Crippen molar-refractivity contribution in [2.45, 2.75) is 54.5 Å². The van der Waals surface area contributed by atoms with Crippen LogP contribution in [0.3, 0.4) is 0 Å². The number of amides is 1. The number of anilines is 4. The summed E-state index contributed by atoms with van der Waals surface area (Å²) >= 11 is 1.64. The van der Waals surface area contributed by atoms with E-state index in [1.807, 2.05) is 85.3 Å². The van der Waals surface area contributed by atoms with Gasteiger partial charge in [-0.05, 0) is 129 Å². The van der Waals surface area contributed by atoms with E-state index in [2.05, 4.69) is 30.1 Å². The quantitative estimate of drug-likeness (QED) is 0.0227. The predicted molar refractivity (Wildman–Crippen MR) is 284 cm³/mol. The van der Waals surface area contributed by atoms with Gasteiger partial charge in [0.15, 0.2) is 10.7 Å². The van der Waals surface area contributed by atoms with Crippen LogP contribution in [0, 0.1) is 22.9 Å². The third-order valence-electron chi connectivity index (χ3n) is 13.4. The summed E-state index contributed by atoms with van der Waals surface area (Å²) in [6, 6.07) is 34.4. The van der Waals surface area contributed by atoms with Gasteiger partial charge in [0, 0.05) is 104 Å². The molecule has 1 amide bonds. The van der Waals surface area contributed by atoms with Crippen molar-refractivity contribution >= 4 is 66.8 Å². The molecule has 20 heteroatoms. The van der Waals surface area contributed by atoms with Crippen LogP contribution in [0.2, 0.25) is 0 Å². The van der Waals surface area contributed by atoms with Crippen LogP contribution in [0.15, 0.2) is 131 Å². The minimum atomic E-state index is -4.23. The number of piperidine rings is 1. The van der Waals surface area contributed by atoms with Crippen molar-refractivity contribution in [1.29, 1.82) is 0 Å². The molecule has 2 aliphatic heterocycles. The van der Waals surface area contributed by atoms with E-state index in [-0.39, 0.29) is 22.3 Å². The Morgan fingerprint density at radius 1 is 0.861 bits per heavy atom. The molecule has 16 nitrogen and oxygen atoms in total. The Kier molecular flexibility index (Phi) is 16.2. The molecule has 0 aliphatic carbocycles. The minimum absolute atomic E-state index is 0.180. The molecule has 4 N–H and O–H groups in total. The van der Waals surface area contributed by atoms with Gasteiger partial charge < -0.3 is 35.0 Å². The highest BCUT2D eigenvalue weighted by Gasteiger charge is 2.30. The lowest BCUT2D eigenvalue weighted by Gasteiger charge is -2.37. The first-order valence-electron chi connectivity index (χ1n) is 23.7. The number of nitro benzene ring substituents is 1. The highest BCUT2D eigenvalue weighted by Crippen LogP contribution is 2.40. The van der Waals surface area contributed by atoms with Crippen molar-refractivity contribution in [1.82, 2.24) is 14.8 Å². The second kappa shape index (κ2) is 22.5. The number of aromatic nitrogens is 1. The lowest BCUT2D eigenvalue weighted by Crippen LogP contribution is -2.46. The number of thioether (sulfide) groups is 1. The van der Waals surface area contributed by atoms with Gasteiger partial charge in [0.05, 0.1) is 26.7 Å². The topological polar surface area (TPSA) is 199 Å². The zero-order chi connectivity index (χ0) is 51.2. The summed E-state index contributed by atoms with van der Waals surface area (Å²) in [5, 5.41) is 28.8. The monoisotopic (exact) mass is 1040 g/mol. The number of carbonyl (C=O) groups is 1. The SMILES string of the molecule is Cc1c(C(=O)NC[SH](=O)=O)c(-c2cccc(N3CCN(c4ccc(NS(=O)(=O)c5ccc(N[C@H](CCN6CCC(C)(O)CC6)CSc6ccccc6)c([N+](=O)[O-])c5)cc4)CC3)c2)c(-c2ccc(F)cc2)n1C. The Morgan fingerprint density at radius 2 is 1.53 bits per heavy atom. The zero-order valence-electron chi connectivity index (χ0n) is 40.3. The van der Waals surface area contributed by atoms with Crippen molar-refractivity contribution < 1.29 is 36.1 Å². The molecule has 6 aromatic rings. The van der Waals surface area contributed by atoms with Gasteiger partial charge in [-0.1, -0.05) is 30.3 Å². The van der Waals surface area contributed by atoms with Crippen molar-refractivity contribution in [2.75, 3.05) is 77.3 Å². The van der Waals surface area contributed by atoms with E-state index in [0.717, 1.165) is 47.5 Å². The standard InChI is InChI=1S/C52H59FN8O8S3/c1-36-48(51(62)54-35-71(66)67)49(50(57(36)3)37-12-14-39(53)15-13-37)38-8-7-9-43(32-38)60-30-28-59(29-31-60)42-18-16-40(17-19-42)56-72(68,69)45-20-21-46(47(33-45)61(64)65)55-41(34-70-44-10-5-4-6-11-44)22-25-58-26-23-52(2,63)24-27-58/h4-21,32-33,41,55-56,63,71H,22-31,34-35H2,1-3H3,(H,54,62)/t41-/m1/s1. The van der Waals surface area contributed by atoms with E-state index in [1.165, 1.54) is 24.3 Å². The molecule has 72 heavy (non-hydrogen) atoms. The number of aliphatic hydroxyl groups is 1. The fourth-order valence-corrected chi connectivity index (χ4v) is 11.6. The van der Waals surface area contributed by atoms with Crippen molar-refractivity contribution in [3.8, 4) is 22.4 Å². The Balaban J connectivity index is 0.927. The maximum Gasteiger partial charge on any atom is 0.293 e. The Hall–Kier alpha value is -6.45. The highest BCUT2D eigenvalue weighted by atomic mass is 32.2. The number of halogens is 1.